The maximum absolute atomic E-state index is 12.8. The first-order valence-electron chi connectivity index (χ1n) is 8.70. The molecule has 0 aromatic heterocycles. The molecule has 2 rings (SSSR count). The van der Waals surface area contributed by atoms with Crippen molar-refractivity contribution in [3.63, 3.8) is 0 Å². The van der Waals surface area contributed by atoms with Crippen LogP contribution in [0.4, 0.5) is 18.0 Å². The molecule has 1 N–H and O–H groups in total. The van der Waals surface area contributed by atoms with Gasteiger partial charge in [0.05, 0.1) is 15.7 Å². The van der Waals surface area contributed by atoms with Gasteiger partial charge in [-0.05, 0) is 64.7 Å². The predicted molar refractivity (Wildman–Crippen MR) is 94.0 cm³/mol. The molecule has 0 radical (unpaired) electrons. The van der Waals surface area contributed by atoms with Crippen molar-refractivity contribution in [3.05, 3.63) is 29.8 Å². The summed E-state index contributed by atoms with van der Waals surface area (Å²) >= 11 is 0. The summed E-state index contributed by atoms with van der Waals surface area (Å²) in [7, 11) is -3.87. The Labute approximate surface area is 157 Å². The van der Waals surface area contributed by atoms with E-state index in [9.17, 15) is 26.4 Å². The molecule has 152 valence electrons. The fraction of sp³-hybridized carbons (Fsp3) is 0.611. The van der Waals surface area contributed by atoms with Crippen molar-refractivity contribution >= 4 is 15.9 Å². The van der Waals surface area contributed by atoms with Crippen molar-refractivity contribution in [1.29, 1.82) is 0 Å². The smallest absolute Gasteiger partial charge is 0.416 e. The Hall–Kier alpha value is -1.77. The zero-order chi connectivity index (χ0) is 20.5. The third kappa shape index (κ3) is 5.85. The van der Waals surface area contributed by atoms with Gasteiger partial charge in [-0.3, -0.25) is 0 Å². The number of carbonyl (C=O) groups is 1. The minimum Gasteiger partial charge on any atom is -0.444 e. The highest BCUT2D eigenvalue weighted by molar-refractivity contribution is 7.92. The maximum Gasteiger partial charge on any atom is 0.416 e. The SMILES string of the molecule is CC(C)(C)OC(=O)N[C@H]1CC[C@@H](S(=O)(=O)c2cccc(C(F)(F)F)c2)CC1. The maximum atomic E-state index is 12.8. The molecule has 1 aliphatic carbocycles. The number of hydrogen-bond acceptors (Lipinski definition) is 4. The molecule has 0 unspecified atom stereocenters. The number of rotatable bonds is 3. The normalized spacial score (nSPS) is 21.6. The number of amides is 1. The Morgan fingerprint density at radius 3 is 2.22 bits per heavy atom. The standard InChI is InChI=1S/C18H24F3NO4S/c1-17(2,3)26-16(23)22-13-7-9-14(10-8-13)27(24,25)15-6-4-5-12(11-15)18(19,20)21/h4-6,11,13-14H,7-10H2,1-3H3,(H,22,23)/t13-,14+. The monoisotopic (exact) mass is 407 g/mol. The molecule has 0 bridgehead atoms. The molecule has 27 heavy (non-hydrogen) atoms. The third-order valence-corrected chi connectivity index (χ3v) is 6.58. The van der Waals surface area contributed by atoms with Crippen molar-refractivity contribution in [2.45, 2.75) is 74.4 Å². The summed E-state index contributed by atoms with van der Waals surface area (Å²) in [6.07, 6.45) is -3.80. The number of ether oxygens (including phenoxy) is 1. The van der Waals surface area contributed by atoms with E-state index in [2.05, 4.69) is 5.32 Å². The van der Waals surface area contributed by atoms with Crippen molar-refractivity contribution < 1.29 is 31.1 Å². The number of carbonyl (C=O) groups excluding carboxylic acids is 1. The molecule has 1 aromatic rings. The van der Waals surface area contributed by atoms with Crippen molar-refractivity contribution in [2.24, 2.45) is 0 Å². The van der Waals surface area contributed by atoms with E-state index in [1.54, 1.807) is 20.8 Å². The Bertz CT molecular complexity index is 777. The largest absolute Gasteiger partial charge is 0.444 e. The first-order chi connectivity index (χ1) is 12.3. The van der Waals surface area contributed by atoms with Gasteiger partial charge in [-0.1, -0.05) is 6.07 Å². The minimum absolute atomic E-state index is 0.215. The molecule has 9 heteroatoms. The molecule has 5 nitrogen and oxygen atoms in total. The van der Waals surface area contributed by atoms with Crippen LogP contribution in [0.2, 0.25) is 0 Å². The zero-order valence-electron chi connectivity index (χ0n) is 15.5. The first kappa shape index (κ1) is 21.5. The zero-order valence-corrected chi connectivity index (χ0v) is 16.3. The fourth-order valence-corrected chi connectivity index (χ4v) is 4.87. The first-order valence-corrected chi connectivity index (χ1v) is 10.2. The van der Waals surface area contributed by atoms with Gasteiger partial charge < -0.3 is 10.1 Å². The van der Waals surface area contributed by atoms with Crippen LogP contribution in [-0.4, -0.2) is 31.4 Å². The molecule has 1 amide bonds. The number of halogens is 3. The van der Waals surface area contributed by atoms with Crippen molar-refractivity contribution in [2.75, 3.05) is 0 Å². The Morgan fingerprint density at radius 2 is 1.70 bits per heavy atom. The third-order valence-electron chi connectivity index (χ3n) is 4.32. The second-order valence-electron chi connectivity index (χ2n) is 7.69. The number of hydrogen-bond donors (Lipinski definition) is 1. The van der Waals surface area contributed by atoms with Crippen molar-refractivity contribution in [3.8, 4) is 0 Å². The lowest BCUT2D eigenvalue weighted by Gasteiger charge is -2.30. The van der Waals surface area contributed by atoms with Crippen molar-refractivity contribution in [1.82, 2.24) is 5.32 Å². The summed E-state index contributed by atoms with van der Waals surface area (Å²) in [6.45, 7) is 5.22. The van der Waals surface area contributed by atoms with Crippen LogP contribution in [0.1, 0.15) is 52.0 Å². The van der Waals surface area contributed by atoms with E-state index >= 15 is 0 Å². The van der Waals surface area contributed by atoms with Gasteiger partial charge in [0.2, 0.25) is 0 Å². The minimum atomic E-state index is -4.60. The van der Waals surface area contributed by atoms with Crippen LogP contribution >= 0.6 is 0 Å². The molecular weight excluding hydrogens is 383 g/mol. The lowest BCUT2D eigenvalue weighted by Crippen LogP contribution is -2.42. The van der Waals surface area contributed by atoms with Crippen LogP contribution in [0.3, 0.4) is 0 Å². The van der Waals surface area contributed by atoms with Gasteiger partial charge in [0.1, 0.15) is 5.60 Å². The predicted octanol–water partition coefficient (Wildman–Crippen LogP) is 4.32. The molecule has 0 spiro atoms. The van der Waals surface area contributed by atoms with E-state index in [-0.39, 0.29) is 23.8 Å². The molecule has 1 saturated carbocycles. The van der Waals surface area contributed by atoms with Crippen LogP contribution in [0.15, 0.2) is 29.2 Å². The number of benzene rings is 1. The topological polar surface area (TPSA) is 72.5 Å². The number of alkyl carbamates (subject to hydrolysis) is 1. The van der Waals surface area contributed by atoms with Gasteiger partial charge >= 0.3 is 12.3 Å². The second kappa shape index (κ2) is 7.69. The Balaban J connectivity index is 2.02. The summed E-state index contributed by atoms with van der Waals surface area (Å²) in [5.74, 6) is 0. The average Bonchev–Trinajstić information content (AvgIpc) is 2.53. The lowest BCUT2D eigenvalue weighted by molar-refractivity contribution is -0.137. The molecule has 0 aliphatic heterocycles. The summed E-state index contributed by atoms with van der Waals surface area (Å²) in [6, 6.07) is 3.61. The van der Waals surface area contributed by atoms with Crippen LogP contribution in [0, 0.1) is 0 Å². The molecule has 1 aliphatic rings. The van der Waals surface area contributed by atoms with Gasteiger partial charge in [-0.2, -0.15) is 13.2 Å². The molecule has 1 aromatic carbocycles. The van der Waals surface area contributed by atoms with Crippen LogP contribution in [0.25, 0.3) is 0 Å². The molecular formula is C18H24F3NO4S. The van der Waals surface area contributed by atoms with E-state index in [1.165, 1.54) is 6.07 Å². The van der Waals surface area contributed by atoms with Gasteiger partial charge in [0.25, 0.3) is 0 Å². The van der Waals surface area contributed by atoms with E-state index < -0.39 is 38.5 Å². The highest BCUT2D eigenvalue weighted by Gasteiger charge is 2.36. The van der Waals surface area contributed by atoms with Gasteiger partial charge in [-0.15, -0.1) is 0 Å². The van der Waals surface area contributed by atoms with Gasteiger partial charge in [-0.25, -0.2) is 13.2 Å². The molecule has 0 atom stereocenters. The Kier molecular flexibility index (Phi) is 6.13. The van der Waals surface area contributed by atoms with E-state index in [1.807, 2.05) is 0 Å². The average molecular weight is 407 g/mol. The van der Waals surface area contributed by atoms with E-state index in [0.717, 1.165) is 12.1 Å². The van der Waals surface area contributed by atoms with Crippen LogP contribution < -0.4 is 5.32 Å². The number of sulfone groups is 1. The summed E-state index contributed by atoms with van der Waals surface area (Å²) in [5, 5.41) is 1.95. The van der Waals surface area contributed by atoms with Gasteiger partial charge in [0.15, 0.2) is 9.84 Å². The summed E-state index contributed by atoms with van der Waals surface area (Å²) < 4.78 is 69.1. The summed E-state index contributed by atoms with van der Waals surface area (Å²) in [5.41, 5.74) is -1.61. The van der Waals surface area contributed by atoms with Crippen LogP contribution in [-0.2, 0) is 20.8 Å². The molecule has 0 heterocycles. The quantitative estimate of drug-likeness (QED) is 0.810. The highest BCUT2D eigenvalue weighted by atomic mass is 32.2. The highest BCUT2D eigenvalue weighted by Crippen LogP contribution is 2.33. The van der Waals surface area contributed by atoms with Gasteiger partial charge in [0, 0.05) is 6.04 Å². The second-order valence-corrected chi connectivity index (χ2v) is 9.92. The number of alkyl halides is 3. The Morgan fingerprint density at radius 1 is 1.11 bits per heavy atom. The van der Waals surface area contributed by atoms with E-state index in [4.69, 9.17) is 4.74 Å². The lowest BCUT2D eigenvalue weighted by atomic mass is 9.95. The molecule has 0 saturated heterocycles. The summed E-state index contributed by atoms with van der Waals surface area (Å²) in [4.78, 5) is 11.5. The van der Waals surface area contributed by atoms with Crippen LogP contribution in [0.5, 0.6) is 0 Å². The molecule has 1 fully saturated rings. The number of nitrogens with one attached hydrogen (secondary N) is 1. The van der Waals surface area contributed by atoms with E-state index in [0.29, 0.717) is 18.9 Å². The fourth-order valence-electron chi connectivity index (χ4n) is 3.03.